The van der Waals surface area contributed by atoms with Gasteiger partial charge < -0.3 is 9.67 Å². The Hall–Kier alpha value is -0.960. The van der Waals surface area contributed by atoms with Crippen LogP contribution in [0.15, 0.2) is 6.07 Å². The summed E-state index contributed by atoms with van der Waals surface area (Å²) < 4.78 is 1.67. The minimum Gasteiger partial charge on any atom is -0.480 e. The minimum absolute atomic E-state index is 0.0234. The summed E-state index contributed by atoms with van der Waals surface area (Å²) in [6, 6.07) is 1.76. The van der Waals surface area contributed by atoms with Gasteiger partial charge in [0.05, 0.1) is 5.02 Å². The average Bonchev–Trinajstić information content (AvgIpc) is 2.16. The zero-order chi connectivity index (χ0) is 9.30. The second-order valence-electron chi connectivity index (χ2n) is 2.70. The molecule has 0 amide bonds. The van der Waals surface area contributed by atoms with Crippen molar-refractivity contribution >= 4 is 17.6 Å². The van der Waals surface area contributed by atoms with Gasteiger partial charge in [-0.05, 0) is 19.9 Å². The summed E-state index contributed by atoms with van der Waals surface area (Å²) in [5, 5.41) is 9.18. The monoisotopic (exact) mass is 187 g/mol. The molecule has 0 fully saturated rings. The van der Waals surface area contributed by atoms with Crippen molar-refractivity contribution in [3.8, 4) is 0 Å². The van der Waals surface area contributed by atoms with Gasteiger partial charge >= 0.3 is 5.97 Å². The molecule has 1 aromatic heterocycles. The smallest absolute Gasteiger partial charge is 0.323 e. The van der Waals surface area contributed by atoms with Crippen LogP contribution in [-0.4, -0.2) is 15.6 Å². The predicted octanol–water partition coefficient (Wildman–Crippen LogP) is 1.84. The lowest BCUT2D eigenvalue weighted by Crippen LogP contribution is -2.11. The number of aryl methyl sites for hydroxylation is 1. The summed E-state index contributed by atoms with van der Waals surface area (Å²) in [4.78, 5) is 10.4. The maximum absolute atomic E-state index is 10.4. The Labute approximate surface area is 75.6 Å². The molecule has 0 bridgehead atoms. The zero-order valence-corrected chi connectivity index (χ0v) is 7.72. The Morgan fingerprint density at radius 3 is 2.58 bits per heavy atom. The Morgan fingerprint density at radius 2 is 2.25 bits per heavy atom. The number of carbonyl (C=O) groups is 1. The quantitative estimate of drug-likeness (QED) is 0.768. The van der Waals surface area contributed by atoms with Crippen LogP contribution in [0.2, 0.25) is 5.02 Å². The number of nitrogens with zero attached hydrogens (tertiary/aromatic N) is 1. The van der Waals surface area contributed by atoms with Crippen LogP contribution in [0.25, 0.3) is 0 Å². The molecular formula is C8H10ClNO2. The van der Waals surface area contributed by atoms with Crippen LogP contribution in [0.4, 0.5) is 0 Å². The molecule has 0 saturated carbocycles. The number of halogens is 1. The first-order valence-electron chi connectivity index (χ1n) is 3.56. The highest BCUT2D eigenvalue weighted by molar-refractivity contribution is 6.31. The standard InChI is InChI=1S/C8H10ClNO2/c1-5-3-7(9)6(2)10(5)4-8(11)12/h3H,4H2,1-2H3,(H,11,12). The average molecular weight is 188 g/mol. The van der Waals surface area contributed by atoms with E-state index in [-0.39, 0.29) is 6.54 Å². The van der Waals surface area contributed by atoms with Crippen LogP contribution in [0.5, 0.6) is 0 Å². The minimum atomic E-state index is -0.853. The summed E-state index contributed by atoms with van der Waals surface area (Å²) in [6.45, 7) is 3.62. The van der Waals surface area contributed by atoms with Gasteiger partial charge in [0, 0.05) is 11.4 Å². The van der Waals surface area contributed by atoms with Crippen LogP contribution in [-0.2, 0) is 11.3 Å². The first kappa shape index (κ1) is 9.13. The van der Waals surface area contributed by atoms with Gasteiger partial charge in [0.1, 0.15) is 6.54 Å². The summed E-state index contributed by atoms with van der Waals surface area (Å²) >= 11 is 5.80. The number of rotatable bonds is 2. The van der Waals surface area contributed by atoms with Crippen LogP contribution in [0.1, 0.15) is 11.4 Å². The molecule has 4 heteroatoms. The third-order valence-electron chi connectivity index (χ3n) is 1.81. The Morgan fingerprint density at radius 1 is 1.67 bits per heavy atom. The second kappa shape index (κ2) is 3.19. The van der Waals surface area contributed by atoms with Gasteiger partial charge in [0.15, 0.2) is 0 Å². The molecule has 0 aliphatic rings. The van der Waals surface area contributed by atoms with Crippen molar-refractivity contribution in [2.24, 2.45) is 0 Å². The van der Waals surface area contributed by atoms with Gasteiger partial charge in [0.2, 0.25) is 0 Å². The van der Waals surface area contributed by atoms with Crippen LogP contribution in [0.3, 0.4) is 0 Å². The van der Waals surface area contributed by atoms with E-state index < -0.39 is 5.97 Å². The van der Waals surface area contributed by atoms with E-state index in [0.717, 1.165) is 11.4 Å². The zero-order valence-electron chi connectivity index (χ0n) is 6.97. The molecular weight excluding hydrogens is 178 g/mol. The molecule has 0 atom stereocenters. The van der Waals surface area contributed by atoms with E-state index in [1.54, 1.807) is 17.6 Å². The van der Waals surface area contributed by atoms with Crippen molar-refractivity contribution in [2.45, 2.75) is 20.4 Å². The molecule has 3 nitrogen and oxygen atoms in total. The Balaban J connectivity index is 3.05. The number of carboxylic acid groups (broad SMARTS) is 1. The molecule has 1 rings (SSSR count). The third-order valence-corrected chi connectivity index (χ3v) is 2.19. The van der Waals surface area contributed by atoms with E-state index in [1.165, 1.54) is 0 Å². The lowest BCUT2D eigenvalue weighted by molar-refractivity contribution is -0.137. The van der Waals surface area contributed by atoms with E-state index in [4.69, 9.17) is 16.7 Å². The maximum atomic E-state index is 10.4. The fourth-order valence-corrected chi connectivity index (χ4v) is 1.40. The van der Waals surface area contributed by atoms with Gasteiger partial charge in [-0.25, -0.2) is 0 Å². The molecule has 0 spiro atoms. The highest BCUT2D eigenvalue weighted by Gasteiger charge is 2.08. The van der Waals surface area contributed by atoms with Gasteiger partial charge in [-0.3, -0.25) is 4.79 Å². The Kier molecular flexibility index (Phi) is 2.43. The van der Waals surface area contributed by atoms with E-state index >= 15 is 0 Å². The number of hydrogen-bond donors (Lipinski definition) is 1. The van der Waals surface area contributed by atoms with E-state index in [2.05, 4.69) is 0 Å². The van der Waals surface area contributed by atoms with Crippen molar-refractivity contribution in [1.82, 2.24) is 4.57 Å². The van der Waals surface area contributed by atoms with Gasteiger partial charge in [-0.1, -0.05) is 11.6 Å². The largest absolute Gasteiger partial charge is 0.480 e. The second-order valence-corrected chi connectivity index (χ2v) is 3.11. The summed E-state index contributed by atoms with van der Waals surface area (Å²) in [5.41, 5.74) is 1.68. The topological polar surface area (TPSA) is 42.2 Å². The molecule has 0 saturated heterocycles. The number of aromatic nitrogens is 1. The molecule has 0 radical (unpaired) electrons. The van der Waals surface area contributed by atoms with Crippen molar-refractivity contribution in [3.63, 3.8) is 0 Å². The molecule has 0 aromatic carbocycles. The summed E-state index contributed by atoms with van der Waals surface area (Å²) in [5.74, 6) is -0.853. The molecule has 1 N–H and O–H groups in total. The fraction of sp³-hybridized carbons (Fsp3) is 0.375. The highest BCUT2D eigenvalue weighted by Crippen LogP contribution is 2.19. The fourth-order valence-electron chi connectivity index (χ4n) is 1.14. The van der Waals surface area contributed by atoms with Gasteiger partial charge in [-0.15, -0.1) is 0 Å². The SMILES string of the molecule is Cc1cc(Cl)c(C)n1CC(=O)O. The molecule has 1 aromatic rings. The number of carboxylic acids is 1. The summed E-state index contributed by atoms with van der Waals surface area (Å²) in [7, 11) is 0. The molecule has 1 heterocycles. The van der Waals surface area contributed by atoms with Crippen LogP contribution < -0.4 is 0 Å². The number of aliphatic carboxylic acids is 1. The normalized spacial score (nSPS) is 10.2. The first-order valence-corrected chi connectivity index (χ1v) is 3.94. The van der Waals surface area contributed by atoms with Crippen LogP contribution >= 0.6 is 11.6 Å². The lowest BCUT2D eigenvalue weighted by atomic mass is 10.5. The van der Waals surface area contributed by atoms with E-state index in [0.29, 0.717) is 5.02 Å². The maximum Gasteiger partial charge on any atom is 0.323 e. The molecule has 0 aliphatic heterocycles. The van der Waals surface area contributed by atoms with Crippen molar-refractivity contribution in [1.29, 1.82) is 0 Å². The van der Waals surface area contributed by atoms with E-state index in [9.17, 15) is 4.79 Å². The molecule has 0 unspecified atom stereocenters. The van der Waals surface area contributed by atoms with Gasteiger partial charge in [0.25, 0.3) is 0 Å². The highest BCUT2D eigenvalue weighted by atomic mass is 35.5. The van der Waals surface area contributed by atoms with E-state index in [1.807, 2.05) is 6.92 Å². The van der Waals surface area contributed by atoms with Crippen LogP contribution in [0, 0.1) is 13.8 Å². The summed E-state index contributed by atoms with van der Waals surface area (Å²) in [6.07, 6.45) is 0. The molecule has 12 heavy (non-hydrogen) atoms. The Bertz CT molecular complexity index is 317. The number of hydrogen-bond acceptors (Lipinski definition) is 1. The van der Waals surface area contributed by atoms with Crippen molar-refractivity contribution in [2.75, 3.05) is 0 Å². The van der Waals surface area contributed by atoms with Crippen molar-refractivity contribution < 1.29 is 9.90 Å². The predicted molar refractivity (Wildman–Crippen MR) is 46.6 cm³/mol. The van der Waals surface area contributed by atoms with Crippen molar-refractivity contribution in [3.05, 3.63) is 22.5 Å². The third kappa shape index (κ3) is 1.61. The van der Waals surface area contributed by atoms with Gasteiger partial charge in [-0.2, -0.15) is 0 Å². The first-order chi connectivity index (χ1) is 5.52. The molecule has 0 aliphatic carbocycles. The molecule has 66 valence electrons. The lowest BCUT2D eigenvalue weighted by Gasteiger charge is -2.04.